The van der Waals surface area contributed by atoms with Gasteiger partial charge in [0.1, 0.15) is 48.8 Å². The minimum absolute atomic E-state index is 0.199. The molecule has 0 bridgehead atoms. The van der Waals surface area contributed by atoms with Crippen LogP contribution in [0.3, 0.4) is 0 Å². The van der Waals surface area contributed by atoms with Crippen LogP contribution in [0.2, 0.25) is 0 Å². The van der Waals surface area contributed by atoms with Crippen molar-refractivity contribution in [3.05, 3.63) is 24.3 Å². The Morgan fingerprint density at radius 3 is 1.16 bits per heavy atom. The molecule has 2 aliphatic heterocycles. The third-order valence-electron chi connectivity index (χ3n) is 18.2. The molecule has 86 heavy (non-hydrogen) atoms. The molecule has 0 aromatic heterocycles. The van der Waals surface area contributed by atoms with Gasteiger partial charge in [-0.15, -0.1) is 0 Å². The third kappa shape index (κ3) is 41.1. The predicted molar refractivity (Wildman–Crippen MR) is 351 cm³/mol. The average Bonchev–Trinajstić information content (AvgIpc) is 2.63. The number of hydrogen-bond donors (Lipinski definition) is 9. The van der Waals surface area contributed by atoms with Crippen LogP contribution in [0.5, 0.6) is 0 Å². The van der Waals surface area contributed by atoms with Gasteiger partial charge in [0.2, 0.25) is 5.91 Å². The molecule has 0 aromatic carbocycles. The third-order valence-corrected chi connectivity index (χ3v) is 18.2. The van der Waals surface area contributed by atoms with E-state index in [9.17, 15) is 45.6 Å². The first-order valence-electron chi connectivity index (χ1n) is 36.6. The van der Waals surface area contributed by atoms with Crippen molar-refractivity contribution >= 4 is 5.91 Å². The van der Waals surface area contributed by atoms with Crippen LogP contribution in [0.1, 0.15) is 335 Å². The van der Waals surface area contributed by atoms with Gasteiger partial charge in [-0.2, -0.15) is 0 Å². The van der Waals surface area contributed by atoms with E-state index in [2.05, 4.69) is 43.5 Å². The second-order valence-corrected chi connectivity index (χ2v) is 26.1. The predicted octanol–water partition coefficient (Wildman–Crippen LogP) is 15.1. The molecule has 2 rings (SSSR count). The zero-order valence-electron chi connectivity index (χ0n) is 55.3. The summed E-state index contributed by atoms with van der Waals surface area (Å²) in [5.41, 5.74) is 0. The van der Waals surface area contributed by atoms with E-state index < -0.39 is 86.8 Å². The fraction of sp³-hybridized carbons (Fsp3) is 0.931. The summed E-state index contributed by atoms with van der Waals surface area (Å²) in [6, 6.07) is -0.827. The average molecular weight is 1220 g/mol. The zero-order valence-corrected chi connectivity index (χ0v) is 55.3. The van der Waals surface area contributed by atoms with Gasteiger partial charge >= 0.3 is 0 Å². The molecule has 2 saturated heterocycles. The molecule has 2 heterocycles. The molecule has 0 saturated carbocycles. The topological polar surface area (TPSA) is 228 Å². The molecule has 1 amide bonds. The molecule has 14 heteroatoms. The smallest absolute Gasteiger partial charge is 0.220 e. The summed E-state index contributed by atoms with van der Waals surface area (Å²) in [6.45, 7) is 2.90. The highest BCUT2D eigenvalue weighted by molar-refractivity contribution is 5.76. The van der Waals surface area contributed by atoms with Crippen LogP contribution in [-0.4, -0.2) is 140 Å². The summed E-state index contributed by atoms with van der Waals surface area (Å²) in [5.74, 6) is -0.199. The Balaban J connectivity index is 1.61. The lowest BCUT2D eigenvalue weighted by Crippen LogP contribution is -2.65. The number of aliphatic hydroxyl groups excluding tert-OH is 8. The van der Waals surface area contributed by atoms with Crippen LogP contribution in [0, 0.1) is 0 Å². The van der Waals surface area contributed by atoms with E-state index in [4.69, 9.17) is 18.9 Å². The van der Waals surface area contributed by atoms with Gasteiger partial charge < -0.3 is 65.1 Å². The summed E-state index contributed by atoms with van der Waals surface area (Å²) in [4.78, 5) is 13.4. The van der Waals surface area contributed by atoms with Crippen LogP contribution in [0.25, 0.3) is 0 Å². The molecule has 2 aliphatic rings. The van der Waals surface area contributed by atoms with Gasteiger partial charge in [0.25, 0.3) is 0 Å². The van der Waals surface area contributed by atoms with Gasteiger partial charge in [-0.05, 0) is 44.9 Å². The Morgan fingerprint density at radius 1 is 0.419 bits per heavy atom. The van der Waals surface area contributed by atoms with E-state index in [1.54, 1.807) is 0 Å². The molecule has 2 fully saturated rings. The number of amides is 1. The number of rotatable bonds is 61. The Labute approximate surface area is 526 Å². The highest BCUT2D eigenvalue weighted by Gasteiger charge is 2.51. The lowest BCUT2D eigenvalue weighted by atomic mass is 9.97. The van der Waals surface area contributed by atoms with Crippen molar-refractivity contribution in [2.75, 3.05) is 19.8 Å². The van der Waals surface area contributed by atoms with E-state index in [0.29, 0.717) is 12.8 Å². The number of allylic oxidation sites excluding steroid dienone is 4. The molecule has 9 N–H and O–H groups in total. The molecule has 508 valence electrons. The maximum Gasteiger partial charge on any atom is 0.220 e. The summed E-state index contributed by atoms with van der Waals surface area (Å²) < 4.78 is 22.9. The minimum atomic E-state index is -1.78. The second-order valence-electron chi connectivity index (χ2n) is 26.1. The molecule has 0 aliphatic carbocycles. The minimum Gasteiger partial charge on any atom is -0.394 e. The number of aliphatic hydroxyl groups is 8. The van der Waals surface area contributed by atoms with Gasteiger partial charge in [-0.3, -0.25) is 4.79 Å². The molecule has 0 aromatic rings. The van der Waals surface area contributed by atoms with E-state index in [-0.39, 0.29) is 12.5 Å². The largest absolute Gasteiger partial charge is 0.394 e. The Morgan fingerprint density at radius 2 is 0.767 bits per heavy atom. The van der Waals surface area contributed by atoms with Gasteiger partial charge in [-0.25, -0.2) is 0 Å². The van der Waals surface area contributed by atoms with Crippen LogP contribution in [0.4, 0.5) is 0 Å². The van der Waals surface area contributed by atoms with Crippen molar-refractivity contribution in [2.24, 2.45) is 0 Å². The van der Waals surface area contributed by atoms with Crippen molar-refractivity contribution < 1.29 is 64.6 Å². The number of nitrogens with one attached hydrogen (secondary N) is 1. The van der Waals surface area contributed by atoms with Gasteiger partial charge in [0.15, 0.2) is 12.6 Å². The van der Waals surface area contributed by atoms with Crippen LogP contribution in [-0.2, 0) is 23.7 Å². The highest BCUT2D eigenvalue weighted by Crippen LogP contribution is 2.30. The maximum atomic E-state index is 13.4. The molecule has 0 spiro atoms. The first-order chi connectivity index (χ1) is 42.1. The van der Waals surface area contributed by atoms with Crippen molar-refractivity contribution in [2.45, 2.75) is 408 Å². The summed E-state index contributed by atoms with van der Waals surface area (Å²) in [5, 5.41) is 87.6. The zero-order chi connectivity index (χ0) is 62.3. The number of ether oxygens (including phenoxy) is 4. The summed E-state index contributed by atoms with van der Waals surface area (Å²) in [6.07, 6.45) is 54.9. The first kappa shape index (κ1) is 80.6. The van der Waals surface area contributed by atoms with E-state index in [0.717, 1.165) is 57.8 Å². The van der Waals surface area contributed by atoms with Crippen LogP contribution < -0.4 is 5.32 Å². The second kappa shape index (κ2) is 57.4. The summed E-state index contributed by atoms with van der Waals surface area (Å²) >= 11 is 0. The number of carbonyl (C=O) groups excluding carboxylic acids is 1. The molecule has 0 radical (unpaired) electrons. The van der Waals surface area contributed by atoms with Crippen LogP contribution >= 0.6 is 0 Å². The molecule has 12 atom stereocenters. The highest BCUT2D eigenvalue weighted by atomic mass is 16.7. The standard InChI is InChI=1S/C72H137NO13/c1-3-5-7-9-11-13-15-17-19-21-23-24-25-26-27-28-29-30-31-32-33-34-35-36-38-40-42-44-46-48-50-52-54-56-64(77)73-60(61(76)55-53-51-49-47-45-43-41-39-37-22-20-18-16-14-12-10-8-6-4-2)59-83-71-69(82)67(80)70(63(58-75)85-71)86-72-68(81)66(79)65(78)62(57-74)84-72/h15,17,21,23,60-63,65-72,74-76,78-82H,3-14,16,18-20,22,24-59H2,1-2H3,(H,73,77)/b17-15-,23-21-. The van der Waals surface area contributed by atoms with E-state index in [1.165, 1.54) is 250 Å². The van der Waals surface area contributed by atoms with Gasteiger partial charge in [0.05, 0.1) is 32.0 Å². The molecule has 14 nitrogen and oxygen atoms in total. The van der Waals surface area contributed by atoms with Crippen molar-refractivity contribution in [1.29, 1.82) is 0 Å². The lowest BCUT2D eigenvalue weighted by Gasteiger charge is -2.46. The van der Waals surface area contributed by atoms with Crippen molar-refractivity contribution in [3.63, 3.8) is 0 Å². The maximum absolute atomic E-state index is 13.4. The molecular weight excluding hydrogens is 1090 g/mol. The quantitative estimate of drug-likeness (QED) is 0.0204. The molecular formula is C72H137NO13. The van der Waals surface area contributed by atoms with Crippen molar-refractivity contribution in [3.8, 4) is 0 Å². The van der Waals surface area contributed by atoms with Crippen LogP contribution in [0.15, 0.2) is 24.3 Å². The number of unbranched alkanes of at least 4 members (excludes halogenated alkanes) is 44. The normalized spacial score (nSPS) is 23.5. The Hall–Kier alpha value is -1.53. The van der Waals surface area contributed by atoms with Gasteiger partial charge in [0, 0.05) is 6.42 Å². The van der Waals surface area contributed by atoms with Crippen molar-refractivity contribution in [1.82, 2.24) is 5.32 Å². The van der Waals surface area contributed by atoms with E-state index >= 15 is 0 Å². The summed E-state index contributed by atoms with van der Waals surface area (Å²) in [7, 11) is 0. The Kier molecular flexibility index (Phi) is 53.7. The van der Waals surface area contributed by atoms with Gasteiger partial charge in [-0.1, -0.05) is 308 Å². The molecule has 12 unspecified atom stereocenters. The SMILES string of the molecule is CCCCCCC/C=C\C/C=C\CCCCCCCCCCCCCCCCCCCCCCCC(=O)NC(COC1OC(CO)C(OC2OC(CO)C(O)C(O)C2O)C(O)C1O)C(O)CCCCCCCCCCCCCCCCCCCCC. The number of carbonyl (C=O) groups is 1. The Bertz CT molecular complexity index is 1540. The fourth-order valence-electron chi connectivity index (χ4n) is 12.3. The monoisotopic (exact) mass is 1220 g/mol. The number of hydrogen-bond acceptors (Lipinski definition) is 13. The van der Waals surface area contributed by atoms with E-state index in [1.807, 2.05) is 0 Å². The lowest BCUT2D eigenvalue weighted by molar-refractivity contribution is -0.359. The fourth-order valence-corrected chi connectivity index (χ4v) is 12.3. The first-order valence-corrected chi connectivity index (χ1v) is 36.6.